The van der Waals surface area contributed by atoms with Gasteiger partial charge in [0.05, 0.1) is 5.52 Å². The van der Waals surface area contributed by atoms with Crippen molar-refractivity contribution in [3.8, 4) is 0 Å². The van der Waals surface area contributed by atoms with E-state index in [1.165, 1.54) is 53.9 Å². The SMILES string of the molecule is CCCCC(C)C(CC(C)(C)CC)n1c2ccccc2c2cnccc21. The van der Waals surface area contributed by atoms with Crippen molar-refractivity contribution in [2.75, 3.05) is 0 Å². The van der Waals surface area contributed by atoms with E-state index in [9.17, 15) is 0 Å². The summed E-state index contributed by atoms with van der Waals surface area (Å²) in [4.78, 5) is 4.41. The molecule has 2 nitrogen and oxygen atoms in total. The lowest BCUT2D eigenvalue weighted by Gasteiger charge is -2.34. The molecule has 3 rings (SSSR count). The van der Waals surface area contributed by atoms with Crippen LogP contribution in [0.2, 0.25) is 0 Å². The van der Waals surface area contributed by atoms with Crippen molar-refractivity contribution in [1.29, 1.82) is 0 Å². The average Bonchev–Trinajstić information content (AvgIpc) is 2.99. The topological polar surface area (TPSA) is 17.8 Å². The molecule has 0 saturated heterocycles. The summed E-state index contributed by atoms with van der Waals surface area (Å²) in [6.45, 7) is 11.9. The molecule has 2 heteroatoms. The lowest BCUT2D eigenvalue weighted by Crippen LogP contribution is -2.24. The Morgan fingerprint density at radius 3 is 2.50 bits per heavy atom. The molecule has 0 spiro atoms. The molecule has 0 aliphatic heterocycles. The summed E-state index contributed by atoms with van der Waals surface area (Å²) in [5.74, 6) is 0.660. The molecule has 0 radical (unpaired) electrons. The Balaban J connectivity index is 2.18. The second kappa shape index (κ2) is 7.82. The summed E-state index contributed by atoms with van der Waals surface area (Å²) in [5.41, 5.74) is 3.03. The molecule has 2 heterocycles. The number of aromatic nitrogens is 2. The Morgan fingerprint density at radius 1 is 1.04 bits per heavy atom. The number of rotatable bonds is 8. The van der Waals surface area contributed by atoms with Crippen LogP contribution in [0.15, 0.2) is 42.7 Å². The van der Waals surface area contributed by atoms with Gasteiger partial charge in [0.15, 0.2) is 0 Å². The lowest BCUT2D eigenvalue weighted by molar-refractivity contribution is 0.210. The zero-order valence-electron chi connectivity index (χ0n) is 17.1. The van der Waals surface area contributed by atoms with Crippen LogP contribution in [0.25, 0.3) is 21.8 Å². The third-order valence-electron chi connectivity index (χ3n) is 6.23. The molecule has 0 saturated carbocycles. The molecular formula is C24H34N2. The van der Waals surface area contributed by atoms with Gasteiger partial charge in [-0.1, -0.05) is 72.1 Å². The number of unbranched alkanes of at least 4 members (excludes halogenated alkanes) is 1. The van der Waals surface area contributed by atoms with Crippen LogP contribution in [0.5, 0.6) is 0 Å². The third kappa shape index (κ3) is 3.65. The van der Waals surface area contributed by atoms with Crippen LogP contribution in [-0.4, -0.2) is 9.55 Å². The predicted molar refractivity (Wildman–Crippen MR) is 114 cm³/mol. The Morgan fingerprint density at radius 2 is 1.77 bits per heavy atom. The summed E-state index contributed by atoms with van der Waals surface area (Å²) in [6.07, 6.45) is 10.3. The van der Waals surface area contributed by atoms with Crippen LogP contribution >= 0.6 is 0 Å². The first-order chi connectivity index (χ1) is 12.5. The maximum Gasteiger partial charge on any atom is 0.0525 e. The maximum absolute atomic E-state index is 4.41. The summed E-state index contributed by atoms with van der Waals surface area (Å²) < 4.78 is 2.63. The van der Waals surface area contributed by atoms with Gasteiger partial charge in [-0.15, -0.1) is 0 Å². The van der Waals surface area contributed by atoms with E-state index < -0.39 is 0 Å². The summed E-state index contributed by atoms with van der Waals surface area (Å²) in [6, 6.07) is 11.6. The Bertz CT molecular complexity index is 806. The number of fused-ring (bicyclic) bond motifs is 3. The van der Waals surface area contributed by atoms with Crippen molar-refractivity contribution in [1.82, 2.24) is 9.55 Å². The fourth-order valence-corrected chi connectivity index (χ4v) is 4.18. The van der Waals surface area contributed by atoms with Gasteiger partial charge in [0.25, 0.3) is 0 Å². The van der Waals surface area contributed by atoms with Crippen molar-refractivity contribution >= 4 is 21.8 Å². The molecule has 0 amide bonds. The molecule has 0 aliphatic carbocycles. The van der Waals surface area contributed by atoms with E-state index in [0.29, 0.717) is 17.4 Å². The van der Waals surface area contributed by atoms with Gasteiger partial charge in [-0.3, -0.25) is 4.98 Å². The van der Waals surface area contributed by atoms with Crippen molar-refractivity contribution in [2.45, 2.75) is 72.8 Å². The molecule has 0 aliphatic rings. The molecule has 2 atom stereocenters. The molecular weight excluding hydrogens is 316 g/mol. The molecule has 2 unspecified atom stereocenters. The monoisotopic (exact) mass is 350 g/mol. The van der Waals surface area contributed by atoms with Crippen molar-refractivity contribution in [3.63, 3.8) is 0 Å². The molecule has 0 bridgehead atoms. The van der Waals surface area contributed by atoms with Gasteiger partial charge in [0, 0.05) is 34.7 Å². The van der Waals surface area contributed by atoms with Gasteiger partial charge in [-0.2, -0.15) is 0 Å². The quantitative estimate of drug-likeness (QED) is 0.414. The number of nitrogens with zero attached hydrogens (tertiary/aromatic N) is 2. The number of pyridine rings is 1. The number of hydrogen-bond acceptors (Lipinski definition) is 1. The molecule has 0 fully saturated rings. The summed E-state index contributed by atoms with van der Waals surface area (Å²) in [7, 11) is 0. The van der Waals surface area contributed by atoms with Crippen LogP contribution < -0.4 is 0 Å². The van der Waals surface area contributed by atoms with E-state index in [4.69, 9.17) is 0 Å². The Hall–Kier alpha value is -1.83. The molecule has 26 heavy (non-hydrogen) atoms. The van der Waals surface area contributed by atoms with Crippen molar-refractivity contribution < 1.29 is 0 Å². The van der Waals surface area contributed by atoms with E-state index in [1.54, 1.807) is 0 Å². The average molecular weight is 351 g/mol. The highest BCUT2D eigenvalue weighted by Crippen LogP contribution is 2.41. The number of benzene rings is 1. The molecule has 3 aromatic rings. The first-order valence-corrected chi connectivity index (χ1v) is 10.3. The highest BCUT2D eigenvalue weighted by Gasteiger charge is 2.29. The predicted octanol–water partition coefficient (Wildman–Crippen LogP) is 7.38. The Labute approximate surface area is 158 Å². The minimum atomic E-state index is 0.343. The van der Waals surface area contributed by atoms with Crippen molar-refractivity contribution in [3.05, 3.63) is 42.7 Å². The van der Waals surface area contributed by atoms with Gasteiger partial charge in [-0.25, -0.2) is 0 Å². The molecule has 1 aromatic carbocycles. The van der Waals surface area contributed by atoms with E-state index in [0.717, 1.165) is 0 Å². The van der Waals surface area contributed by atoms with Crippen LogP contribution in [0.3, 0.4) is 0 Å². The fraction of sp³-hybridized carbons (Fsp3) is 0.542. The second-order valence-electron chi connectivity index (χ2n) is 8.69. The largest absolute Gasteiger partial charge is 0.337 e. The number of para-hydroxylation sites is 1. The zero-order valence-corrected chi connectivity index (χ0v) is 17.1. The molecule has 2 aromatic heterocycles. The van der Waals surface area contributed by atoms with Gasteiger partial charge in [0.1, 0.15) is 0 Å². The van der Waals surface area contributed by atoms with E-state index in [2.05, 4.69) is 74.5 Å². The van der Waals surface area contributed by atoms with Gasteiger partial charge < -0.3 is 4.57 Å². The standard InChI is InChI=1S/C24H34N2/c1-6-8-11-18(3)23(16-24(4,5)7-2)26-21-13-10-9-12-19(21)20-17-25-15-14-22(20)26/h9-10,12-15,17-18,23H,6-8,11,16H2,1-5H3. The lowest BCUT2D eigenvalue weighted by atomic mass is 9.78. The second-order valence-corrected chi connectivity index (χ2v) is 8.69. The minimum absolute atomic E-state index is 0.343. The normalized spacial score (nSPS) is 14.8. The van der Waals surface area contributed by atoms with Gasteiger partial charge in [-0.05, 0) is 36.3 Å². The van der Waals surface area contributed by atoms with Crippen LogP contribution in [-0.2, 0) is 0 Å². The highest BCUT2D eigenvalue weighted by atomic mass is 15.0. The Kier molecular flexibility index (Phi) is 5.70. The zero-order chi connectivity index (χ0) is 18.7. The van der Waals surface area contributed by atoms with Crippen LogP contribution in [0, 0.1) is 11.3 Å². The van der Waals surface area contributed by atoms with Gasteiger partial charge >= 0.3 is 0 Å². The van der Waals surface area contributed by atoms with E-state index in [-0.39, 0.29) is 0 Å². The van der Waals surface area contributed by atoms with Crippen LogP contribution in [0.4, 0.5) is 0 Å². The van der Waals surface area contributed by atoms with Gasteiger partial charge in [0.2, 0.25) is 0 Å². The highest BCUT2D eigenvalue weighted by molar-refractivity contribution is 6.07. The first kappa shape index (κ1) is 18.9. The summed E-state index contributed by atoms with van der Waals surface area (Å²) >= 11 is 0. The van der Waals surface area contributed by atoms with E-state index >= 15 is 0 Å². The minimum Gasteiger partial charge on any atom is -0.337 e. The van der Waals surface area contributed by atoms with E-state index in [1.807, 2.05) is 12.4 Å². The van der Waals surface area contributed by atoms with Crippen molar-refractivity contribution in [2.24, 2.45) is 11.3 Å². The molecule has 140 valence electrons. The maximum atomic E-state index is 4.41. The molecule has 0 N–H and O–H groups in total. The first-order valence-electron chi connectivity index (χ1n) is 10.3. The number of hydrogen-bond donors (Lipinski definition) is 0. The van der Waals surface area contributed by atoms with Crippen LogP contribution in [0.1, 0.15) is 72.8 Å². The summed E-state index contributed by atoms with van der Waals surface area (Å²) in [5, 5.41) is 2.61. The fourth-order valence-electron chi connectivity index (χ4n) is 4.18. The third-order valence-corrected chi connectivity index (χ3v) is 6.23. The smallest absolute Gasteiger partial charge is 0.0525 e.